The maximum absolute atomic E-state index is 12.0. The molecule has 0 bridgehead atoms. The van der Waals surface area contributed by atoms with Crippen LogP contribution in [0.2, 0.25) is 0 Å². The highest BCUT2D eigenvalue weighted by molar-refractivity contribution is 5.68. The van der Waals surface area contributed by atoms with E-state index in [9.17, 15) is 4.79 Å². The highest BCUT2D eigenvalue weighted by Crippen LogP contribution is 2.60. The van der Waals surface area contributed by atoms with E-state index in [1.165, 1.54) is 37.4 Å². The van der Waals surface area contributed by atoms with Gasteiger partial charge in [-0.3, -0.25) is 4.90 Å². The first-order valence-electron chi connectivity index (χ1n) is 11.4. The second kappa shape index (κ2) is 6.84. The van der Waals surface area contributed by atoms with Crippen LogP contribution in [0.25, 0.3) is 5.69 Å². The molecule has 158 valence electrons. The smallest absolute Gasteiger partial charge is 0.409 e. The Bertz CT molecular complexity index is 924. The van der Waals surface area contributed by atoms with Gasteiger partial charge in [-0.1, -0.05) is 18.2 Å². The van der Waals surface area contributed by atoms with Crippen LogP contribution in [-0.2, 0) is 4.74 Å². The number of aromatic nitrogens is 2. The number of hydrogen-bond acceptors (Lipinski definition) is 4. The molecular weight excluding hydrogens is 376 g/mol. The summed E-state index contributed by atoms with van der Waals surface area (Å²) in [6, 6.07) is 11.3. The zero-order valence-electron chi connectivity index (χ0n) is 17.6. The van der Waals surface area contributed by atoms with E-state index in [1.54, 1.807) is 0 Å². The van der Waals surface area contributed by atoms with Crippen molar-refractivity contribution in [3.8, 4) is 5.69 Å². The van der Waals surface area contributed by atoms with E-state index in [0.29, 0.717) is 24.0 Å². The van der Waals surface area contributed by atoms with Crippen molar-refractivity contribution in [3.63, 3.8) is 0 Å². The fourth-order valence-electron chi connectivity index (χ4n) is 6.45. The van der Waals surface area contributed by atoms with E-state index in [4.69, 9.17) is 9.72 Å². The normalized spacial score (nSPS) is 34.8. The van der Waals surface area contributed by atoms with E-state index in [-0.39, 0.29) is 6.09 Å². The Hall–Kier alpha value is -2.34. The van der Waals surface area contributed by atoms with E-state index >= 15 is 0 Å². The van der Waals surface area contributed by atoms with Crippen molar-refractivity contribution < 1.29 is 9.53 Å². The number of benzene rings is 1. The van der Waals surface area contributed by atoms with Gasteiger partial charge in [0.2, 0.25) is 0 Å². The quantitative estimate of drug-likeness (QED) is 0.780. The lowest BCUT2D eigenvalue weighted by atomic mass is 9.64. The van der Waals surface area contributed by atoms with Crippen molar-refractivity contribution in [3.05, 3.63) is 48.5 Å². The minimum atomic E-state index is -0.128. The van der Waals surface area contributed by atoms with E-state index < -0.39 is 0 Å². The Labute approximate surface area is 177 Å². The van der Waals surface area contributed by atoms with Gasteiger partial charge in [0.05, 0.1) is 6.61 Å². The highest BCUT2D eigenvalue weighted by atomic mass is 16.6. The molecule has 1 spiro atoms. The number of fused-ring (bicyclic) bond motifs is 1. The predicted molar refractivity (Wildman–Crippen MR) is 114 cm³/mol. The molecule has 1 amide bonds. The number of rotatable bonds is 4. The number of carbonyl (C=O) groups excluding carboxylic acids is 1. The number of nitrogens with zero attached hydrogens (tertiary/aromatic N) is 4. The summed E-state index contributed by atoms with van der Waals surface area (Å²) in [7, 11) is 0. The summed E-state index contributed by atoms with van der Waals surface area (Å²) in [5.41, 5.74) is 1.56. The van der Waals surface area contributed by atoms with E-state index in [0.717, 1.165) is 31.3 Å². The van der Waals surface area contributed by atoms with Gasteiger partial charge in [-0.15, -0.1) is 0 Å². The van der Waals surface area contributed by atoms with Gasteiger partial charge in [-0.2, -0.15) is 0 Å². The van der Waals surface area contributed by atoms with E-state index in [2.05, 4.69) is 46.0 Å². The van der Waals surface area contributed by atoms with Crippen LogP contribution in [0, 0.1) is 17.3 Å². The molecular formula is C24H30N4O2. The molecule has 1 unspecified atom stereocenters. The van der Waals surface area contributed by atoms with Gasteiger partial charge in [0.25, 0.3) is 0 Å². The van der Waals surface area contributed by atoms with Gasteiger partial charge < -0.3 is 14.2 Å². The summed E-state index contributed by atoms with van der Waals surface area (Å²) in [5.74, 6) is 3.36. The highest BCUT2D eigenvalue weighted by Gasteiger charge is 2.61. The van der Waals surface area contributed by atoms with Crippen LogP contribution in [0.4, 0.5) is 4.79 Å². The van der Waals surface area contributed by atoms with Gasteiger partial charge in [0.1, 0.15) is 5.82 Å². The van der Waals surface area contributed by atoms with Gasteiger partial charge >= 0.3 is 6.09 Å². The number of amides is 1. The number of para-hydroxylation sites is 1. The van der Waals surface area contributed by atoms with Crippen molar-refractivity contribution >= 4 is 6.09 Å². The molecule has 6 rings (SSSR count). The lowest BCUT2D eigenvalue weighted by molar-refractivity contribution is 0.0117. The van der Waals surface area contributed by atoms with Gasteiger partial charge in [0.15, 0.2) is 0 Å². The van der Waals surface area contributed by atoms with Crippen molar-refractivity contribution in [1.82, 2.24) is 19.4 Å². The molecule has 2 aliphatic carbocycles. The summed E-state index contributed by atoms with van der Waals surface area (Å²) >= 11 is 0. The maximum atomic E-state index is 12.0. The first kappa shape index (κ1) is 18.4. The molecule has 2 aliphatic heterocycles. The molecule has 3 heterocycles. The number of hydrogen-bond donors (Lipinski definition) is 0. The summed E-state index contributed by atoms with van der Waals surface area (Å²) in [4.78, 5) is 21.4. The van der Waals surface area contributed by atoms with Crippen LogP contribution >= 0.6 is 0 Å². The average Bonchev–Trinajstić information content (AvgIpc) is 3.22. The van der Waals surface area contributed by atoms with Gasteiger partial charge in [-0.05, 0) is 55.6 Å². The number of piperidine rings is 1. The molecule has 1 aromatic heterocycles. The lowest BCUT2D eigenvalue weighted by Gasteiger charge is -2.49. The monoisotopic (exact) mass is 406 g/mol. The zero-order valence-corrected chi connectivity index (χ0v) is 17.6. The molecule has 6 heteroatoms. The third-order valence-corrected chi connectivity index (χ3v) is 8.04. The predicted octanol–water partition coefficient (Wildman–Crippen LogP) is 3.53. The third-order valence-electron chi connectivity index (χ3n) is 8.04. The molecule has 4 aliphatic rings. The van der Waals surface area contributed by atoms with E-state index in [1.807, 2.05) is 18.0 Å². The summed E-state index contributed by atoms with van der Waals surface area (Å²) in [6.07, 6.45) is 7.54. The van der Waals surface area contributed by atoms with Crippen LogP contribution in [0.5, 0.6) is 0 Å². The number of carbonyl (C=O) groups is 1. The van der Waals surface area contributed by atoms with Gasteiger partial charge in [-0.25, -0.2) is 9.78 Å². The molecule has 0 N–H and O–H groups in total. The molecule has 2 saturated carbocycles. The molecule has 2 saturated heterocycles. The molecule has 30 heavy (non-hydrogen) atoms. The third kappa shape index (κ3) is 2.88. The Morgan fingerprint density at radius 1 is 1.20 bits per heavy atom. The second-order valence-electron chi connectivity index (χ2n) is 9.73. The van der Waals surface area contributed by atoms with Gasteiger partial charge in [0, 0.05) is 56.2 Å². The molecule has 3 atom stereocenters. The van der Waals surface area contributed by atoms with Crippen molar-refractivity contribution in [1.29, 1.82) is 0 Å². The summed E-state index contributed by atoms with van der Waals surface area (Å²) < 4.78 is 7.46. The average molecular weight is 407 g/mol. The number of imidazole rings is 1. The Balaban J connectivity index is 1.05. The molecule has 1 aromatic carbocycles. The Kier molecular flexibility index (Phi) is 4.20. The summed E-state index contributed by atoms with van der Waals surface area (Å²) in [6.45, 7) is 6.51. The Morgan fingerprint density at radius 2 is 1.97 bits per heavy atom. The fraction of sp³-hybridized carbons (Fsp3) is 0.583. The maximum Gasteiger partial charge on any atom is 0.409 e. The van der Waals surface area contributed by atoms with Crippen molar-refractivity contribution in [2.75, 3.05) is 32.8 Å². The minimum Gasteiger partial charge on any atom is -0.450 e. The fourth-order valence-corrected chi connectivity index (χ4v) is 6.45. The van der Waals surface area contributed by atoms with Crippen LogP contribution in [0.15, 0.2) is 42.7 Å². The van der Waals surface area contributed by atoms with Crippen LogP contribution in [0.1, 0.15) is 37.9 Å². The largest absolute Gasteiger partial charge is 0.450 e. The zero-order chi connectivity index (χ0) is 20.3. The molecule has 0 radical (unpaired) electrons. The molecule has 2 aromatic rings. The van der Waals surface area contributed by atoms with Crippen LogP contribution < -0.4 is 0 Å². The number of likely N-dealkylation sites (tertiary alicyclic amines) is 2. The molecule has 4 fully saturated rings. The van der Waals surface area contributed by atoms with Crippen LogP contribution in [0.3, 0.4) is 0 Å². The summed E-state index contributed by atoms with van der Waals surface area (Å²) in [5, 5.41) is 0. The Morgan fingerprint density at radius 3 is 2.70 bits per heavy atom. The lowest BCUT2D eigenvalue weighted by Crippen LogP contribution is -2.52. The van der Waals surface area contributed by atoms with Crippen LogP contribution in [-0.4, -0.2) is 64.3 Å². The standard InChI is InChI=1S/C24H30N4O2/c1-2-30-23(29)26-10-8-24(16-26)12-18(13-24)27-14-19-20(15-27)21(19)22-25-9-11-28(22)17-6-4-3-5-7-17/h3-7,9,11,18-21H,2,8,10,12-16H2,1H3/t18?,19-,20+,21?,24?. The topological polar surface area (TPSA) is 50.6 Å². The second-order valence-corrected chi connectivity index (χ2v) is 9.73. The molecule has 6 nitrogen and oxygen atoms in total. The first-order chi connectivity index (χ1) is 14.7. The minimum absolute atomic E-state index is 0.128. The number of ether oxygens (including phenoxy) is 1. The van der Waals surface area contributed by atoms with Crippen molar-refractivity contribution in [2.24, 2.45) is 17.3 Å². The van der Waals surface area contributed by atoms with Crippen molar-refractivity contribution in [2.45, 2.75) is 38.1 Å². The SMILES string of the molecule is CCOC(=O)N1CCC2(CC(N3C[C@@H]4C(c5nccn5-c5ccccc5)[C@@H]4C3)C2)C1. The first-order valence-corrected chi connectivity index (χ1v) is 11.4.